The van der Waals surface area contributed by atoms with Gasteiger partial charge in [0.1, 0.15) is 5.82 Å². The minimum absolute atomic E-state index is 0.156. The zero-order valence-corrected chi connectivity index (χ0v) is 13.0. The number of carbonyl (C=O) groups excluding carboxylic acids is 1. The number of urea groups is 1. The Morgan fingerprint density at radius 2 is 2.09 bits per heavy atom. The van der Waals surface area contributed by atoms with Gasteiger partial charge in [0.15, 0.2) is 0 Å². The van der Waals surface area contributed by atoms with E-state index in [4.69, 9.17) is 0 Å². The number of halogens is 1. The van der Waals surface area contributed by atoms with Crippen molar-refractivity contribution < 1.29 is 9.18 Å². The predicted octanol–water partition coefficient (Wildman–Crippen LogP) is 4.49. The zero-order chi connectivity index (χ0) is 15.5. The lowest BCUT2D eigenvalue weighted by Gasteiger charge is -2.26. The predicted molar refractivity (Wildman–Crippen MR) is 87.8 cm³/mol. The molecule has 3 rings (SSSR count). The number of nitrogens with one attached hydrogen (secondary N) is 2. The highest BCUT2D eigenvalue weighted by Gasteiger charge is 2.24. The van der Waals surface area contributed by atoms with Crippen molar-refractivity contribution >= 4 is 23.5 Å². The fraction of sp³-hybridized carbons (Fsp3) is 0.235. The van der Waals surface area contributed by atoms with Crippen molar-refractivity contribution in [2.75, 3.05) is 11.1 Å². The van der Waals surface area contributed by atoms with Gasteiger partial charge in [0.25, 0.3) is 0 Å². The van der Waals surface area contributed by atoms with Crippen molar-refractivity contribution in [1.29, 1.82) is 0 Å². The second-order valence-corrected chi connectivity index (χ2v) is 6.42. The lowest BCUT2D eigenvalue weighted by Crippen LogP contribution is -2.34. The van der Waals surface area contributed by atoms with E-state index in [1.54, 1.807) is 6.07 Å². The van der Waals surface area contributed by atoms with Crippen LogP contribution in [-0.2, 0) is 0 Å². The van der Waals surface area contributed by atoms with Gasteiger partial charge in [0.05, 0.1) is 6.04 Å². The summed E-state index contributed by atoms with van der Waals surface area (Å²) < 4.78 is 13.8. The van der Waals surface area contributed by atoms with Crippen molar-refractivity contribution in [2.45, 2.75) is 24.3 Å². The summed E-state index contributed by atoms with van der Waals surface area (Å²) >= 11 is 1.51. The normalized spacial score (nSPS) is 16.7. The van der Waals surface area contributed by atoms with Crippen LogP contribution in [0.5, 0.6) is 0 Å². The number of benzene rings is 2. The number of carbonyl (C=O) groups is 1. The number of fused-ring (bicyclic) bond motifs is 1. The molecule has 0 bridgehead atoms. The maximum absolute atomic E-state index is 13.8. The van der Waals surface area contributed by atoms with Crippen LogP contribution in [0.2, 0.25) is 0 Å². The molecule has 0 saturated heterocycles. The summed E-state index contributed by atoms with van der Waals surface area (Å²) in [5.74, 6) is 0.580. The van der Waals surface area contributed by atoms with Crippen LogP contribution in [0, 0.1) is 12.7 Å². The van der Waals surface area contributed by atoms with E-state index in [1.807, 2.05) is 37.3 Å². The van der Waals surface area contributed by atoms with E-state index < -0.39 is 0 Å². The van der Waals surface area contributed by atoms with E-state index in [0.717, 1.165) is 29.0 Å². The fourth-order valence-electron chi connectivity index (χ4n) is 2.58. The SMILES string of the molecule is Cc1cccc(NC(=O)N[C@@H]2CCSc3c(F)cccc32)c1. The van der Waals surface area contributed by atoms with Crippen molar-refractivity contribution in [1.82, 2.24) is 5.32 Å². The number of thioether (sulfide) groups is 1. The zero-order valence-electron chi connectivity index (χ0n) is 12.2. The van der Waals surface area contributed by atoms with Gasteiger partial charge in [-0.2, -0.15) is 0 Å². The highest BCUT2D eigenvalue weighted by molar-refractivity contribution is 7.99. The van der Waals surface area contributed by atoms with Crippen LogP contribution in [0.15, 0.2) is 47.4 Å². The molecule has 0 aromatic heterocycles. The van der Waals surface area contributed by atoms with E-state index >= 15 is 0 Å². The molecule has 0 spiro atoms. The molecule has 1 aliphatic heterocycles. The topological polar surface area (TPSA) is 41.1 Å². The summed E-state index contributed by atoms with van der Waals surface area (Å²) in [4.78, 5) is 12.8. The largest absolute Gasteiger partial charge is 0.331 e. The Hall–Kier alpha value is -2.01. The van der Waals surface area contributed by atoms with Crippen LogP contribution in [0.1, 0.15) is 23.6 Å². The Kier molecular flexibility index (Phi) is 4.34. The van der Waals surface area contributed by atoms with Gasteiger partial charge < -0.3 is 10.6 Å². The Morgan fingerprint density at radius 1 is 1.27 bits per heavy atom. The monoisotopic (exact) mass is 316 g/mol. The molecule has 2 aromatic rings. The molecule has 0 unspecified atom stereocenters. The minimum atomic E-state index is -0.266. The molecule has 0 saturated carbocycles. The van der Waals surface area contributed by atoms with Gasteiger partial charge in [-0.3, -0.25) is 0 Å². The molecule has 0 fully saturated rings. The summed E-state index contributed by atoms with van der Waals surface area (Å²) in [7, 11) is 0. The average Bonchev–Trinajstić information content (AvgIpc) is 2.48. The van der Waals surface area contributed by atoms with Crippen molar-refractivity contribution in [2.24, 2.45) is 0 Å². The van der Waals surface area contributed by atoms with Gasteiger partial charge in [0, 0.05) is 16.3 Å². The summed E-state index contributed by atoms with van der Waals surface area (Å²) in [5, 5.41) is 5.77. The number of hydrogen-bond donors (Lipinski definition) is 2. The maximum atomic E-state index is 13.8. The van der Waals surface area contributed by atoms with E-state index in [2.05, 4.69) is 10.6 Å². The maximum Gasteiger partial charge on any atom is 0.319 e. The third-order valence-electron chi connectivity index (χ3n) is 3.61. The average molecular weight is 316 g/mol. The van der Waals surface area contributed by atoms with Crippen LogP contribution in [-0.4, -0.2) is 11.8 Å². The van der Waals surface area contributed by atoms with Gasteiger partial charge in [-0.25, -0.2) is 9.18 Å². The van der Waals surface area contributed by atoms with Crippen molar-refractivity contribution in [3.05, 3.63) is 59.4 Å². The van der Waals surface area contributed by atoms with Gasteiger partial charge in [0.2, 0.25) is 0 Å². The number of hydrogen-bond acceptors (Lipinski definition) is 2. The molecule has 2 amide bonds. The Morgan fingerprint density at radius 3 is 2.91 bits per heavy atom. The van der Waals surface area contributed by atoms with Gasteiger partial charge >= 0.3 is 6.03 Å². The molecule has 1 atom stereocenters. The summed E-state index contributed by atoms with van der Waals surface area (Å²) in [6, 6.07) is 12.2. The lowest BCUT2D eigenvalue weighted by molar-refractivity contribution is 0.248. The first-order valence-electron chi connectivity index (χ1n) is 7.19. The van der Waals surface area contributed by atoms with Gasteiger partial charge in [-0.1, -0.05) is 24.3 Å². The number of amides is 2. The van der Waals surface area contributed by atoms with Crippen LogP contribution >= 0.6 is 11.8 Å². The molecule has 1 heterocycles. The smallest absolute Gasteiger partial charge is 0.319 e. The van der Waals surface area contributed by atoms with Crippen LogP contribution in [0.25, 0.3) is 0 Å². The molecule has 22 heavy (non-hydrogen) atoms. The van der Waals surface area contributed by atoms with Gasteiger partial charge in [-0.15, -0.1) is 11.8 Å². The molecular weight excluding hydrogens is 299 g/mol. The lowest BCUT2D eigenvalue weighted by atomic mass is 10.0. The standard InChI is InChI=1S/C17H17FN2OS/c1-11-4-2-5-12(10-11)19-17(21)20-15-8-9-22-16-13(15)6-3-7-14(16)18/h2-7,10,15H,8-9H2,1H3,(H2,19,20,21)/t15-/m1/s1. The molecular formula is C17H17FN2OS. The second-order valence-electron chi connectivity index (χ2n) is 5.32. The van der Waals surface area contributed by atoms with E-state index in [1.165, 1.54) is 17.8 Å². The molecule has 3 nitrogen and oxygen atoms in total. The summed E-state index contributed by atoms with van der Waals surface area (Å²) in [6.07, 6.45) is 0.794. The molecule has 2 N–H and O–H groups in total. The Balaban J connectivity index is 1.72. The summed E-state index contributed by atoms with van der Waals surface area (Å²) in [6.45, 7) is 1.97. The Bertz CT molecular complexity index is 705. The fourth-order valence-corrected chi connectivity index (χ4v) is 3.73. The van der Waals surface area contributed by atoms with E-state index in [9.17, 15) is 9.18 Å². The van der Waals surface area contributed by atoms with Gasteiger partial charge in [-0.05, 0) is 42.7 Å². The molecule has 1 aliphatic rings. The van der Waals surface area contributed by atoms with Crippen molar-refractivity contribution in [3.8, 4) is 0 Å². The number of aryl methyl sites for hydroxylation is 1. The third-order valence-corrected chi connectivity index (χ3v) is 4.77. The van der Waals surface area contributed by atoms with Crippen LogP contribution in [0.4, 0.5) is 14.9 Å². The Labute approximate surface area is 133 Å². The quantitative estimate of drug-likeness (QED) is 0.857. The first kappa shape index (κ1) is 14.9. The molecule has 0 aliphatic carbocycles. The number of rotatable bonds is 2. The van der Waals surface area contributed by atoms with Crippen LogP contribution < -0.4 is 10.6 Å². The first-order valence-corrected chi connectivity index (χ1v) is 8.17. The highest BCUT2D eigenvalue weighted by atomic mass is 32.2. The van der Waals surface area contributed by atoms with E-state index in [-0.39, 0.29) is 17.9 Å². The van der Waals surface area contributed by atoms with E-state index in [0.29, 0.717) is 4.90 Å². The minimum Gasteiger partial charge on any atom is -0.331 e. The molecule has 5 heteroatoms. The number of anilines is 1. The molecule has 0 radical (unpaired) electrons. The highest BCUT2D eigenvalue weighted by Crippen LogP contribution is 2.37. The third kappa shape index (κ3) is 3.25. The van der Waals surface area contributed by atoms with Crippen LogP contribution in [0.3, 0.4) is 0 Å². The first-order chi connectivity index (χ1) is 10.6. The summed E-state index contributed by atoms with van der Waals surface area (Å²) in [5.41, 5.74) is 2.69. The van der Waals surface area contributed by atoms with Crippen molar-refractivity contribution in [3.63, 3.8) is 0 Å². The molecule has 114 valence electrons. The second kappa shape index (κ2) is 6.40. The molecule has 2 aromatic carbocycles.